The molecular formula is C10H8ClNOS. The van der Waals surface area contributed by atoms with Gasteiger partial charge in [0.2, 0.25) is 0 Å². The van der Waals surface area contributed by atoms with E-state index in [1.165, 1.54) is 0 Å². The lowest BCUT2D eigenvalue weighted by Crippen LogP contribution is -1.79. The molecule has 0 aliphatic carbocycles. The summed E-state index contributed by atoms with van der Waals surface area (Å²) in [6.45, 7) is 1.92. The van der Waals surface area contributed by atoms with Crippen molar-refractivity contribution in [1.29, 1.82) is 0 Å². The molecule has 14 heavy (non-hydrogen) atoms. The second-order valence-corrected chi connectivity index (χ2v) is 4.19. The Balaban J connectivity index is 2.23. The molecule has 0 aliphatic heterocycles. The van der Waals surface area contributed by atoms with Crippen LogP contribution in [-0.2, 0) is 0 Å². The minimum atomic E-state index is 0.510. The van der Waals surface area contributed by atoms with Crippen molar-refractivity contribution in [3.05, 3.63) is 41.4 Å². The van der Waals surface area contributed by atoms with Crippen LogP contribution >= 0.6 is 23.4 Å². The number of aryl methyl sites for hydroxylation is 1. The average Bonchev–Trinajstić information content (AvgIpc) is 2.52. The summed E-state index contributed by atoms with van der Waals surface area (Å²) in [5.74, 6) is 0.900. The third-order valence-electron chi connectivity index (χ3n) is 1.72. The van der Waals surface area contributed by atoms with Gasteiger partial charge in [-0.3, -0.25) is 0 Å². The van der Waals surface area contributed by atoms with E-state index in [-0.39, 0.29) is 0 Å². The zero-order valence-electron chi connectivity index (χ0n) is 7.53. The fourth-order valence-corrected chi connectivity index (χ4v) is 2.08. The van der Waals surface area contributed by atoms with E-state index >= 15 is 0 Å². The topological polar surface area (TPSA) is 26.0 Å². The molecule has 2 aromatic heterocycles. The van der Waals surface area contributed by atoms with Gasteiger partial charge in [0.05, 0.1) is 11.2 Å². The lowest BCUT2D eigenvalue weighted by Gasteiger charge is -1.98. The van der Waals surface area contributed by atoms with Crippen LogP contribution in [0.1, 0.15) is 5.76 Å². The molecule has 2 aromatic rings. The molecule has 4 heteroatoms. The number of rotatable bonds is 2. The summed E-state index contributed by atoms with van der Waals surface area (Å²) >= 11 is 7.32. The molecule has 0 bridgehead atoms. The van der Waals surface area contributed by atoms with Crippen molar-refractivity contribution in [1.82, 2.24) is 4.98 Å². The second-order valence-electron chi connectivity index (χ2n) is 2.74. The molecule has 0 saturated carbocycles. The highest BCUT2D eigenvalue weighted by Gasteiger charge is 2.04. The maximum Gasteiger partial charge on any atom is 0.130 e. The van der Waals surface area contributed by atoms with Gasteiger partial charge in [0.1, 0.15) is 15.9 Å². The fraction of sp³-hybridized carbons (Fsp3) is 0.100. The SMILES string of the molecule is Cc1occc1Sc1cccc(Cl)n1. The van der Waals surface area contributed by atoms with Gasteiger partial charge in [-0.25, -0.2) is 4.98 Å². The van der Waals surface area contributed by atoms with Gasteiger partial charge in [-0.2, -0.15) is 0 Å². The average molecular weight is 226 g/mol. The Labute approximate surface area is 91.3 Å². The van der Waals surface area contributed by atoms with Gasteiger partial charge < -0.3 is 4.42 Å². The third kappa shape index (κ3) is 2.11. The van der Waals surface area contributed by atoms with E-state index in [0.717, 1.165) is 15.7 Å². The van der Waals surface area contributed by atoms with E-state index in [2.05, 4.69) is 4.98 Å². The predicted octanol–water partition coefficient (Wildman–Crippen LogP) is 3.79. The lowest BCUT2D eigenvalue weighted by molar-refractivity contribution is 0.527. The van der Waals surface area contributed by atoms with Gasteiger partial charge in [0.25, 0.3) is 0 Å². The van der Waals surface area contributed by atoms with Crippen molar-refractivity contribution >= 4 is 23.4 Å². The Kier molecular flexibility index (Phi) is 2.79. The first-order chi connectivity index (χ1) is 6.75. The number of halogens is 1. The van der Waals surface area contributed by atoms with Crippen molar-refractivity contribution in [2.75, 3.05) is 0 Å². The molecule has 0 amide bonds. The molecule has 0 unspecified atom stereocenters. The number of hydrogen-bond acceptors (Lipinski definition) is 3. The third-order valence-corrected chi connectivity index (χ3v) is 3.01. The zero-order chi connectivity index (χ0) is 9.97. The molecule has 2 nitrogen and oxygen atoms in total. The van der Waals surface area contributed by atoms with Crippen LogP contribution in [0.3, 0.4) is 0 Å². The summed E-state index contributed by atoms with van der Waals surface area (Å²) < 4.78 is 5.19. The van der Waals surface area contributed by atoms with Crippen LogP contribution in [0.4, 0.5) is 0 Å². The summed E-state index contributed by atoms with van der Waals surface area (Å²) in [6.07, 6.45) is 1.67. The van der Waals surface area contributed by atoms with Gasteiger partial charge in [-0.15, -0.1) is 0 Å². The molecular weight excluding hydrogens is 218 g/mol. The Morgan fingerprint density at radius 3 is 2.86 bits per heavy atom. The monoisotopic (exact) mass is 225 g/mol. The lowest BCUT2D eigenvalue weighted by atomic mass is 10.5. The molecule has 0 saturated heterocycles. The summed E-state index contributed by atoms with van der Waals surface area (Å²) in [6, 6.07) is 7.48. The Morgan fingerprint density at radius 2 is 2.21 bits per heavy atom. The highest BCUT2D eigenvalue weighted by Crippen LogP contribution is 2.29. The highest BCUT2D eigenvalue weighted by atomic mass is 35.5. The molecule has 0 fully saturated rings. The minimum Gasteiger partial charge on any atom is -0.468 e. The molecule has 0 aromatic carbocycles. The van der Waals surface area contributed by atoms with Crippen LogP contribution < -0.4 is 0 Å². The molecule has 2 heterocycles. The van der Waals surface area contributed by atoms with Crippen LogP contribution in [0, 0.1) is 6.92 Å². The van der Waals surface area contributed by atoms with Crippen molar-refractivity contribution in [2.45, 2.75) is 16.8 Å². The summed E-state index contributed by atoms with van der Waals surface area (Å²) in [7, 11) is 0. The number of furan rings is 1. The molecule has 0 aliphatic rings. The number of pyridine rings is 1. The van der Waals surface area contributed by atoms with E-state index < -0.39 is 0 Å². The van der Waals surface area contributed by atoms with Crippen molar-refractivity contribution in [3.63, 3.8) is 0 Å². The number of nitrogens with zero attached hydrogens (tertiary/aromatic N) is 1. The summed E-state index contributed by atoms with van der Waals surface area (Å²) in [4.78, 5) is 5.25. The maximum atomic E-state index is 5.78. The standard InChI is InChI=1S/C10H8ClNOS/c1-7-8(5-6-13-7)14-10-4-2-3-9(11)12-10/h2-6H,1H3. The van der Waals surface area contributed by atoms with Crippen molar-refractivity contribution in [3.8, 4) is 0 Å². The van der Waals surface area contributed by atoms with E-state index in [4.69, 9.17) is 16.0 Å². The first-order valence-electron chi connectivity index (χ1n) is 4.10. The van der Waals surface area contributed by atoms with Crippen LogP contribution in [0.5, 0.6) is 0 Å². The van der Waals surface area contributed by atoms with Gasteiger partial charge in [-0.1, -0.05) is 29.4 Å². The Hall–Kier alpha value is -0.930. The van der Waals surface area contributed by atoms with E-state index in [1.807, 2.05) is 25.1 Å². The summed E-state index contributed by atoms with van der Waals surface area (Å²) in [5.41, 5.74) is 0. The first kappa shape index (κ1) is 9.62. The van der Waals surface area contributed by atoms with Crippen LogP contribution in [0.15, 0.2) is 44.9 Å². The van der Waals surface area contributed by atoms with Gasteiger partial charge in [0, 0.05) is 0 Å². The van der Waals surface area contributed by atoms with Gasteiger partial charge in [0.15, 0.2) is 0 Å². The zero-order valence-corrected chi connectivity index (χ0v) is 9.10. The molecule has 0 spiro atoms. The van der Waals surface area contributed by atoms with Gasteiger partial charge >= 0.3 is 0 Å². The molecule has 0 N–H and O–H groups in total. The normalized spacial score (nSPS) is 10.4. The van der Waals surface area contributed by atoms with Crippen LogP contribution in [0.2, 0.25) is 5.15 Å². The van der Waals surface area contributed by atoms with E-state index in [1.54, 1.807) is 24.1 Å². The van der Waals surface area contributed by atoms with E-state index in [0.29, 0.717) is 5.15 Å². The maximum absolute atomic E-state index is 5.78. The number of hydrogen-bond donors (Lipinski definition) is 0. The highest BCUT2D eigenvalue weighted by molar-refractivity contribution is 7.99. The molecule has 2 rings (SSSR count). The summed E-state index contributed by atoms with van der Waals surface area (Å²) in [5, 5.41) is 1.39. The second kappa shape index (κ2) is 4.07. The minimum absolute atomic E-state index is 0.510. The molecule has 0 radical (unpaired) electrons. The Morgan fingerprint density at radius 1 is 1.36 bits per heavy atom. The number of aromatic nitrogens is 1. The first-order valence-corrected chi connectivity index (χ1v) is 5.29. The predicted molar refractivity (Wildman–Crippen MR) is 56.8 cm³/mol. The Bertz CT molecular complexity index is 441. The largest absolute Gasteiger partial charge is 0.468 e. The van der Waals surface area contributed by atoms with Crippen LogP contribution in [0.25, 0.3) is 0 Å². The molecule has 72 valence electrons. The van der Waals surface area contributed by atoms with Crippen molar-refractivity contribution in [2.24, 2.45) is 0 Å². The van der Waals surface area contributed by atoms with Crippen LogP contribution in [-0.4, -0.2) is 4.98 Å². The smallest absolute Gasteiger partial charge is 0.130 e. The fourth-order valence-electron chi connectivity index (χ4n) is 1.04. The quantitative estimate of drug-likeness (QED) is 0.728. The van der Waals surface area contributed by atoms with Crippen molar-refractivity contribution < 1.29 is 4.42 Å². The van der Waals surface area contributed by atoms with E-state index in [9.17, 15) is 0 Å². The molecule has 0 atom stereocenters. The van der Waals surface area contributed by atoms with Gasteiger partial charge in [-0.05, 0) is 25.1 Å².